The lowest BCUT2D eigenvalue weighted by Crippen LogP contribution is -2.12. The van der Waals surface area contributed by atoms with E-state index in [1.807, 2.05) is 41.5 Å². The summed E-state index contributed by atoms with van der Waals surface area (Å²) < 4.78 is 0. The second-order valence-corrected chi connectivity index (χ2v) is 3.25. The topological polar surface area (TPSA) is 23.5 Å². The van der Waals surface area contributed by atoms with Crippen molar-refractivity contribution >= 4 is 0 Å². The highest BCUT2D eigenvalue weighted by Crippen LogP contribution is 2.11. The molecule has 18 heavy (non-hydrogen) atoms. The molecule has 0 bridgehead atoms. The summed E-state index contributed by atoms with van der Waals surface area (Å²) in [4.78, 5) is 0. The fourth-order valence-corrected chi connectivity index (χ4v) is 1.27. The third-order valence-electron chi connectivity index (χ3n) is 1.90. The van der Waals surface area contributed by atoms with Crippen LogP contribution in [0.4, 0.5) is 0 Å². The van der Waals surface area contributed by atoms with E-state index in [0.29, 0.717) is 6.54 Å². The number of rotatable bonds is 2. The van der Waals surface area contributed by atoms with Crippen LogP contribution < -0.4 is 0 Å². The van der Waals surface area contributed by atoms with Gasteiger partial charge in [0.2, 0.25) is 0 Å². The van der Waals surface area contributed by atoms with E-state index in [4.69, 9.17) is 5.21 Å². The zero-order chi connectivity index (χ0) is 15.1. The minimum Gasteiger partial charge on any atom is -0.314 e. The van der Waals surface area contributed by atoms with Crippen LogP contribution in [-0.4, -0.2) is 17.3 Å². The molecule has 0 aliphatic rings. The first-order valence-corrected chi connectivity index (χ1v) is 7.06. The lowest BCUT2D eigenvalue weighted by Gasteiger charge is -2.10. The molecule has 1 N–H and O–H groups in total. The minimum absolute atomic E-state index is 0.589. The SMILES string of the molecule is CC.CC.CC.Cc1ccc(CN(C)O)c(C)c1. The average molecular weight is 255 g/mol. The molecule has 2 heteroatoms. The molecule has 0 radical (unpaired) electrons. The highest BCUT2D eigenvalue weighted by molar-refractivity contribution is 5.30. The Morgan fingerprint density at radius 2 is 1.39 bits per heavy atom. The number of hydrogen-bond donors (Lipinski definition) is 1. The van der Waals surface area contributed by atoms with Crippen molar-refractivity contribution in [2.24, 2.45) is 0 Å². The summed E-state index contributed by atoms with van der Waals surface area (Å²) in [6.07, 6.45) is 0. The maximum atomic E-state index is 9.03. The van der Waals surface area contributed by atoms with Gasteiger partial charge in [-0.25, -0.2) is 0 Å². The van der Waals surface area contributed by atoms with Gasteiger partial charge in [-0.05, 0) is 25.0 Å². The molecule has 0 fully saturated rings. The normalized spacial score (nSPS) is 8.17. The van der Waals surface area contributed by atoms with Gasteiger partial charge in [0, 0.05) is 13.6 Å². The van der Waals surface area contributed by atoms with Crippen molar-refractivity contribution < 1.29 is 5.21 Å². The van der Waals surface area contributed by atoms with Gasteiger partial charge in [-0.1, -0.05) is 65.3 Å². The van der Waals surface area contributed by atoms with Crippen LogP contribution in [0.2, 0.25) is 0 Å². The van der Waals surface area contributed by atoms with Gasteiger partial charge in [0.25, 0.3) is 0 Å². The van der Waals surface area contributed by atoms with Crippen molar-refractivity contribution in [3.8, 4) is 0 Å². The van der Waals surface area contributed by atoms with Crippen molar-refractivity contribution in [1.29, 1.82) is 0 Å². The molecular formula is C16H33NO. The lowest BCUT2D eigenvalue weighted by atomic mass is 10.1. The first kappa shape index (κ1) is 22.3. The smallest absolute Gasteiger partial charge is 0.0488 e. The van der Waals surface area contributed by atoms with E-state index in [1.54, 1.807) is 7.05 Å². The van der Waals surface area contributed by atoms with Gasteiger partial charge >= 0.3 is 0 Å². The quantitative estimate of drug-likeness (QED) is 0.734. The molecular weight excluding hydrogens is 222 g/mol. The van der Waals surface area contributed by atoms with Gasteiger partial charge in [0.15, 0.2) is 0 Å². The summed E-state index contributed by atoms with van der Waals surface area (Å²) in [5.74, 6) is 0. The molecule has 0 aliphatic heterocycles. The summed E-state index contributed by atoms with van der Waals surface area (Å²) in [7, 11) is 1.65. The van der Waals surface area contributed by atoms with E-state index < -0.39 is 0 Å². The first-order valence-electron chi connectivity index (χ1n) is 7.06. The van der Waals surface area contributed by atoms with Crippen LogP contribution in [0.3, 0.4) is 0 Å². The predicted octanol–water partition coefficient (Wildman–Crippen LogP) is 5.20. The van der Waals surface area contributed by atoms with Crippen molar-refractivity contribution in [3.05, 3.63) is 34.9 Å². The highest BCUT2D eigenvalue weighted by Gasteiger charge is 1.99. The fraction of sp³-hybridized carbons (Fsp3) is 0.625. The van der Waals surface area contributed by atoms with Gasteiger partial charge in [-0.3, -0.25) is 0 Å². The van der Waals surface area contributed by atoms with E-state index >= 15 is 0 Å². The molecule has 0 saturated carbocycles. The highest BCUT2D eigenvalue weighted by atomic mass is 16.5. The average Bonchev–Trinajstić information content (AvgIpc) is 2.40. The van der Waals surface area contributed by atoms with Gasteiger partial charge < -0.3 is 5.21 Å². The second-order valence-electron chi connectivity index (χ2n) is 3.25. The summed E-state index contributed by atoms with van der Waals surface area (Å²) in [5, 5.41) is 10.2. The van der Waals surface area contributed by atoms with Gasteiger partial charge in [0.1, 0.15) is 0 Å². The number of benzene rings is 1. The Labute approximate surface area is 115 Å². The van der Waals surface area contributed by atoms with E-state index in [9.17, 15) is 0 Å². The molecule has 0 saturated heterocycles. The molecule has 0 heterocycles. The summed E-state index contributed by atoms with van der Waals surface area (Å²) in [6, 6.07) is 6.24. The first-order chi connectivity index (χ1) is 8.59. The molecule has 1 rings (SSSR count). The van der Waals surface area contributed by atoms with Gasteiger partial charge in [-0.2, -0.15) is 5.06 Å². The van der Waals surface area contributed by atoms with Crippen molar-refractivity contribution in [1.82, 2.24) is 5.06 Å². The molecule has 0 atom stereocenters. The summed E-state index contributed by atoms with van der Waals surface area (Å²) in [6.45, 7) is 16.7. The summed E-state index contributed by atoms with van der Waals surface area (Å²) >= 11 is 0. The maximum absolute atomic E-state index is 9.03. The standard InChI is InChI=1S/C10H15NO.3C2H6/c1-8-4-5-10(7-11(3)12)9(2)6-8;3*1-2/h4-6,12H,7H2,1-3H3;3*1-2H3. The Morgan fingerprint density at radius 1 is 0.944 bits per heavy atom. The second kappa shape index (κ2) is 16.1. The lowest BCUT2D eigenvalue weighted by molar-refractivity contribution is -0.0732. The van der Waals surface area contributed by atoms with Crippen LogP contribution in [-0.2, 0) is 6.54 Å². The number of aryl methyl sites for hydroxylation is 2. The Morgan fingerprint density at radius 3 is 1.72 bits per heavy atom. The molecule has 0 amide bonds. The number of nitrogens with zero attached hydrogens (tertiary/aromatic N) is 1. The van der Waals surface area contributed by atoms with Crippen LogP contribution in [0.5, 0.6) is 0 Å². The molecule has 0 spiro atoms. The molecule has 1 aromatic carbocycles. The van der Waals surface area contributed by atoms with Crippen LogP contribution in [0.25, 0.3) is 0 Å². The number of hydrogen-bond acceptors (Lipinski definition) is 2. The molecule has 1 aromatic rings. The van der Waals surface area contributed by atoms with Gasteiger partial charge in [0.05, 0.1) is 0 Å². The van der Waals surface area contributed by atoms with Crippen molar-refractivity contribution in [2.45, 2.75) is 61.9 Å². The predicted molar refractivity (Wildman–Crippen MR) is 83.2 cm³/mol. The van der Waals surface area contributed by atoms with E-state index in [0.717, 1.165) is 0 Å². The van der Waals surface area contributed by atoms with E-state index in [1.165, 1.54) is 21.8 Å². The zero-order valence-electron chi connectivity index (χ0n) is 13.8. The number of hydroxylamine groups is 2. The molecule has 2 nitrogen and oxygen atoms in total. The molecule has 0 aromatic heterocycles. The van der Waals surface area contributed by atoms with Crippen molar-refractivity contribution in [2.75, 3.05) is 7.05 Å². The van der Waals surface area contributed by atoms with Crippen molar-refractivity contribution in [3.63, 3.8) is 0 Å². The maximum Gasteiger partial charge on any atom is 0.0488 e. The third kappa shape index (κ3) is 11.6. The van der Waals surface area contributed by atoms with Gasteiger partial charge in [-0.15, -0.1) is 0 Å². The fourth-order valence-electron chi connectivity index (χ4n) is 1.27. The Hall–Kier alpha value is -0.860. The third-order valence-corrected chi connectivity index (χ3v) is 1.90. The Balaban J connectivity index is -0.000000328. The molecule has 0 unspecified atom stereocenters. The Bertz CT molecular complexity index is 270. The minimum atomic E-state index is 0.589. The molecule has 0 aliphatic carbocycles. The summed E-state index contributed by atoms with van der Waals surface area (Å²) in [5.41, 5.74) is 3.67. The zero-order valence-corrected chi connectivity index (χ0v) is 13.8. The van der Waals surface area contributed by atoms with E-state index in [-0.39, 0.29) is 0 Å². The largest absolute Gasteiger partial charge is 0.314 e. The monoisotopic (exact) mass is 255 g/mol. The van der Waals surface area contributed by atoms with Crippen LogP contribution >= 0.6 is 0 Å². The van der Waals surface area contributed by atoms with Crippen LogP contribution in [0.1, 0.15) is 58.2 Å². The molecule has 108 valence electrons. The van der Waals surface area contributed by atoms with Crippen LogP contribution in [0.15, 0.2) is 18.2 Å². The Kier molecular flexibility index (Phi) is 20.0. The van der Waals surface area contributed by atoms with Crippen LogP contribution in [0, 0.1) is 13.8 Å². The van der Waals surface area contributed by atoms with E-state index in [2.05, 4.69) is 32.0 Å².